The van der Waals surface area contributed by atoms with Crippen LogP contribution in [-0.2, 0) is 28.7 Å². The Morgan fingerprint density at radius 1 is 0.604 bits per heavy atom. The molecule has 4 aromatic rings. The smallest absolute Gasteiger partial charge is 0.262 e. The first-order chi connectivity index (χ1) is 24.9. The number of anilines is 4. The van der Waals surface area contributed by atoms with E-state index in [0.717, 1.165) is 29.1 Å². The molecule has 53 heavy (non-hydrogen) atoms. The monoisotopic (exact) mass is 816 g/mol. The topological polar surface area (TPSA) is 165 Å². The second-order valence-electron chi connectivity index (χ2n) is 12.3. The molecule has 15 heteroatoms. The molecular weight excluding hydrogens is 779 g/mol. The van der Waals surface area contributed by atoms with Crippen molar-refractivity contribution < 1.29 is 26.4 Å². The van der Waals surface area contributed by atoms with E-state index in [9.17, 15) is 26.4 Å². The number of Topliss-reactive ketones (excluding diaryl/α,β-unsaturated/α-hetero) is 2. The zero-order chi connectivity index (χ0) is 39.1. The minimum absolute atomic E-state index is 0.131. The van der Waals surface area contributed by atoms with Gasteiger partial charge in [0.2, 0.25) is 0 Å². The van der Waals surface area contributed by atoms with Gasteiger partial charge in [0, 0.05) is 51.8 Å². The van der Waals surface area contributed by atoms with E-state index in [4.69, 9.17) is 39.6 Å². The highest BCUT2D eigenvalue weighted by Gasteiger charge is 2.21. The lowest BCUT2D eigenvalue weighted by Gasteiger charge is -2.13. The lowest BCUT2D eigenvalue weighted by Crippen LogP contribution is -2.14. The van der Waals surface area contributed by atoms with Gasteiger partial charge < -0.3 is 16.4 Å². The number of aryl methyl sites for hydroxylation is 2. The van der Waals surface area contributed by atoms with Crippen LogP contribution in [0.4, 0.5) is 22.7 Å². The average Bonchev–Trinajstić information content (AvgIpc) is 3.58. The van der Waals surface area contributed by atoms with Crippen LogP contribution in [0.3, 0.4) is 0 Å². The van der Waals surface area contributed by atoms with Crippen molar-refractivity contribution in [2.75, 3.05) is 21.1 Å². The summed E-state index contributed by atoms with van der Waals surface area (Å²) in [5, 5.41) is 7.30. The number of ketones is 2. The van der Waals surface area contributed by atoms with Crippen LogP contribution in [-0.4, -0.2) is 28.4 Å². The Bertz CT molecular complexity index is 2340. The van der Waals surface area contributed by atoms with Gasteiger partial charge in [-0.3, -0.25) is 14.3 Å². The van der Waals surface area contributed by atoms with Crippen LogP contribution in [0.1, 0.15) is 50.7 Å². The third-order valence-electron chi connectivity index (χ3n) is 8.47. The molecule has 10 nitrogen and oxygen atoms in total. The maximum absolute atomic E-state index is 12.6. The molecule has 0 atom stereocenters. The molecule has 2 aliphatic rings. The summed E-state index contributed by atoms with van der Waals surface area (Å²) in [6.45, 7) is 7.07. The number of nitrogens with one attached hydrogen (secondary N) is 3. The normalized spacial score (nSPS) is 14.3. The number of hydrogen-bond donors (Lipinski definition) is 4. The average molecular weight is 818 g/mol. The Balaban J connectivity index is 0.000000197. The molecule has 0 spiro atoms. The predicted molar refractivity (Wildman–Crippen MR) is 215 cm³/mol. The predicted octanol–water partition coefficient (Wildman–Crippen LogP) is 9.39. The van der Waals surface area contributed by atoms with Crippen LogP contribution in [0.15, 0.2) is 117 Å². The first kappa shape index (κ1) is 41.4. The molecule has 0 saturated carbocycles. The fourth-order valence-corrected chi connectivity index (χ4v) is 8.39. The van der Waals surface area contributed by atoms with Crippen molar-refractivity contribution in [2.45, 2.75) is 63.2 Å². The first-order valence-electron chi connectivity index (χ1n) is 16.3. The van der Waals surface area contributed by atoms with Crippen molar-refractivity contribution in [3.8, 4) is 0 Å². The van der Waals surface area contributed by atoms with Gasteiger partial charge in [-0.05, 0) is 100 Å². The molecule has 5 N–H and O–H groups in total. The first-order valence-corrected chi connectivity index (χ1v) is 20.9. The van der Waals surface area contributed by atoms with Crippen molar-refractivity contribution in [1.29, 1.82) is 0 Å². The van der Waals surface area contributed by atoms with Gasteiger partial charge >= 0.3 is 0 Å². The van der Waals surface area contributed by atoms with E-state index in [-0.39, 0.29) is 21.4 Å². The van der Waals surface area contributed by atoms with E-state index in [1.165, 1.54) is 6.07 Å². The fraction of sp³-hybridized carbons (Fsp3) is 0.211. The van der Waals surface area contributed by atoms with Crippen molar-refractivity contribution in [1.82, 2.24) is 0 Å². The summed E-state index contributed by atoms with van der Waals surface area (Å²) in [5.74, 6) is 0.334. The van der Waals surface area contributed by atoms with Crippen LogP contribution in [0.5, 0.6) is 0 Å². The third kappa shape index (κ3) is 11.1. The number of benzene rings is 4. The molecular formula is C38H39Cl3N4O6S2. The SMILES string of the molecule is CC1=C(Nc2ccc(N)cc2Cl)CCC1=O.CC1=C(Nc2ccc(NS(=O)(=O)c3ccccc3C)cc2Cl)CCC1=O.Cc1ccccc1S(=O)(=O)Cl. The van der Waals surface area contributed by atoms with E-state index < -0.39 is 19.1 Å². The van der Waals surface area contributed by atoms with Crippen LogP contribution < -0.4 is 21.1 Å². The Morgan fingerprint density at radius 2 is 1.06 bits per heavy atom. The van der Waals surface area contributed by atoms with Crippen LogP contribution in [0, 0.1) is 13.8 Å². The Labute approximate surface area is 324 Å². The Morgan fingerprint density at radius 3 is 1.45 bits per heavy atom. The minimum atomic E-state index is -3.70. The summed E-state index contributed by atoms with van der Waals surface area (Å²) in [5.41, 5.74) is 12.7. The summed E-state index contributed by atoms with van der Waals surface area (Å²) in [7, 11) is -2.12. The standard InChI is InChI=1S/C19H19ClN2O3S.C12H13ClN2O.C7H7ClO2S/c1-12-5-3-4-6-19(12)26(24,25)22-14-7-8-17(15(20)11-14)21-16-9-10-18(23)13(16)2;1-7-10(4-5-12(7)16)15-11-3-2-8(14)6-9(11)13;1-6-4-2-3-5-7(6)11(8,9)10/h3-8,11,21-22H,9-10H2,1-2H3;2-3,6,15H,4-5,14H2,1H3;2-5H,1H3. The number of carbonyl (C=O) groups is 2. The maximum atomic E-state index is 12.6. The van der Waals surface area contributed by atoms with Gasteiger partial charge in [-0.1, -0.05) is 59.6 Å². The molecule has 0 aliphatic heterocycles. The van der Waals surface area contributed by atoms with Gasteiger partial charge in [-0.15, -0.1) is 0 Å². The second kappa shape index (κ2) is 17.7. The van der Waals surface area contributed by atoms with E-state index >= 15 is 0 Å². The summed E-state index contributed by atoms with van der Waals surface area (Å²) in [6, 6.07) is 23.5. The van der Waals surface area contributed by atoms with Gasteiger partial charge in [-0.25, -0.2) is 16.8 Å². The minimum Gasteiger partial charge on any atom is -0.399 e. The molecule has 6 rings (SSSR count). The van der Waals surface area contributed by atoms with Gasteiger partial charge in [0.15, 0.2) is 11.6 Å². The highest BCUT2D eigenvalue weighted by molar-refractivity contribution is 8.13. The molecule has 2 aliphatic carbocycles. The summed E-state index contributed by atoms with van der Waals surface area (Å²) < 4.78 is 49.3. The Kier molecular flexibility index (Phi) is 13.8. The molecule has 0 saturated heterocycles. The van der Waals surface area contributed by atoms with E-state index in [0.29, 0.717) is 63.1 Å². The van der Waals surface area contributed by atoms with Crippen molar-refractivity contribution >= 4 is 87.3 Å². The van der Waals surface area contributed by atoms with Crippen LogP contribution in [0.2, 0.25) is 10.0 Å². The van der Waals surface area contributed by atoms with Crippen LogP contribution in [0.25, 0.3) is 0 Å². The molecule has 0 bridgehead atoms. The van der Waals surface area contributed by atoms with Crippen molar-refractivity contribution in [3.05, 3.63) is 129 Å². The maximum Gasteiger partial charge on any atom is 0.262 e. The summed E-state index contributed by atoms with van der Waals surface area (Å²) in [6.07, 6.45) is 2.49. The number of nitrogens with two attached hydrogens (primary N) is 1. The summed E-state index contributed by atoms with van der Waals surface area (Å²) >= 11 is 12.3. The number of nitrogen functional groups attached to an aromatic ring is 1. The quantitative estimate of drug-likeness (QED) is 0.100. The molecule has 0 radical (unpaired) electrons. The molecule has 0 aromatic heterocycles. The number of halogens is 3. The number of allylic oxidation sites excluding steroid dienone is 4. The second-order valence-corrected chi connectivity index (χ2v) is 17.3. The number of carbonyl (C=O) groups excluding carboxylic acids is 2. The van der Waals surface area contributed by atoms with Gasteiger partial charge in [0.05, 0.1) is 36.9 Å². The highest BCUT2D eigenvalue weighted by Crippen LogP contribution is 2.32. The third-order valence-corrected chi connectivity index (χ3v) is 12.1. The lowest BCUT2D eigenvalue weighted by molar-refractivity contribution is -0.115. The molecule has 0 heterocycles. The zero-order valence-electron chi connectivity index (χ0n) is 29.4. The largest absolute Gasteiger partial charge is 0.399 e. The number of rotatable bonds is 8. The van der Waals surface area contributed by atoms with E-state index in [1.807, 2.05) is 13.0 Å². The number of sulfonamides is 1. The Hall–Kier alpha value is -4.33. The van der Waals surface area contributed by atoms with Gasteiger partial charge in [-0.2, -0.15) is 0 Å². The molecule has 280 valence electrons. The highest BCUT2D eigenvalue weighted by atomic mass is 35.7. The van der Waals surface area contributed by atoms with Crippen LogP contribution >= 0.6 is 33.9 Å². The van der Waals surface area contributed by atoms with E-state index in [1.54, 1.807) is 93.6 Å². The zero-order valence-corrected chi connectivity index (χ0v) is 33.3. The molecule has 0 amide bonds. The lowest BCUT2D eigenvalue weighted by atomic mass is 10.2. The summed E-state index contributed by atoms with van der Waals surface area (Å²) in [4.78, 5) is 23.4. The number of hydrogen-bond acceptors (Lipinski definition) is 9. The molecule has 4 aromatic carbocycles. The van der Waals surface area contributed by atoms with Crippen molar-refractivity contribution in [3.63, 3.8) is 0 Å². The fourth-order valence-electron chi connectivity index (χ4n) is 5.41. The van der Waals surface area contributed by atoms with Gasteiger partial charge in [0.1, 0.15) is 0 Å². The molecule has 0 unspecified atom stereocenters. The van der Waals surface area contributed by atoms with Gasteiger partial charge in [0.25, 0.3) is 19.1 Å². The molecule has 0 fully saturated rings. The van der Waals surface area contributed by atoms with Crippen molar-refractivity contribution in [2.24, 2.45) is 0 Å². The van der Waals surface area contributed by atoms with E-state index in [2.05, 4.69) is 15.4 Å².